The van der Waals surface area contributed by atoms with E-state index in [-0.39, 0.29) is 11.9 Å². The van der Waals surface area contributed by atoms with Crippen LogP contribution in [0.25, 0.3) is 0 Å². The van der Waals surface area contributed by atoms with Crippen LogP contribution < -0.4 is 5.32 Å². The summed E-state index contributed by atoms with van der Waals surface area (Å²) in [6.07, 6.45) is 4.15. The van der Waals surface area contributed by atoms with Crippen LogP contribution in [0.1, 0.15) is 51.1 Å². The van der Waals surface area contributed by atoms with Gasteiger partial charge in [-0.05, 0) is 44.8 Å². The van der Waals surface area contributed by atoms with Crippen molar-refractivity contribution >= 4 is 5.91 Å². The topological polar surface area (TPSA) is 32.3 Å². The molecule has 0 aliphatic carbocycles. The minimum Gasteiger partial charge on any atom is -0.350 e. The number of carbonyl (C=O) groups is 1. The van der Waals surface area contributed by atoms with E-state index < -0.39 is 0 Å². The average Bonchev–Trinajstić information content (AvgIpc) is 2.93. The first-order valence-electron chi connectivity index (χ1n) is 7.79. The van der Waals surface area contributed by atoms with E-state index in [9.17, 15) is 4.79 Å². The summed E-state index contributed by atoms with van der Waals surface area (Å²) in [6.45, 7) is 6.55. The zero-order chi connectivity index (χ0) is 14.4. The van der Waals surface area contributed by atoms with E-state index >= 15 is 0 Å². The molecule has 1 aliphatic rings. The minimum absolute atomic E-state index is 0.0922. The van der Waals surface area contributed by atoms with Crippen molar-refractivity contribution in [1.29, 1.82) is 0 Å². The summed E-state index contributed by atoms with van der Waals surface area (Å²) in [6, 6.07) is 10.8. The van der Waals surface area contributed by atoms with Crippen LogP contribution >= 0.6 is 0 Å². The van der Waals surface area contributed by atoms with Crippen molar-refractivity contribution in [1.82, 2.24) is 10.2 Å². The second-order valence-corrected chi connectivity index (χ2v) is 5.66. The predicted molar refractivity (Wildman–Crippen MR) is 82.5 cm³/mol. The molecule has 2 atom stereocenters. The Morgan fingerprint density at radius 1 is 1.40 bits per heavy atom. The highest BCUT2D eigenvalue weighted by molar-refractivity contribution is 5.76. The quantitative estimate of drug-likeness (QED) is 0.864. The highest BCUT2D eigenvalue weighted by Gasteiger charge is 2.23. The van der Waals surface area contributed by atoms with Crippen molar-refractivity contribution in [2.75, 3.05) is 13.1 Å². The molecule has 0 saturated carbocycles. The van der Waals surface area contributed by atoms with Gasteiger partial charge in [0.2, 0.25) is 5.91 Å². The number of likely N-dealkylation sites (tertiary alicyclic amines) is 1. The first kappa shape index (κ1) is 15.0. The van der Waals surface area contributed by atoms with Gasteiger partial charge in [0.1, 0.15) is 0 Å². The molecule has 2 rings (SSSR count). The summed E-state index contributed by atoms with van der Waals surface area (Å²) in [5.41, 5.74) is 1.16. The third-order valence-corrected chi connectivity index (χ3v) is 4.29. The van der Waals surface area contributed by atoms with E-state index in [0.29, 0.717) is 12.5 Å². The fraction of sp³-hybridized carbons (Fsp3) is 0.588. The SMILES string of the molecule is CCN1CCCC1CCC(=O)NC(C)c1ccccc1. The lowest BCUT2D eigenvalue weighted by Gasteiger charge is -2.22. The molecule has 1 aliphatic heterocycles. The molecule has 1 amide bonds. The van der Waals surface area contributed by atoms with Gasteiger partial charge in [0.25, 0.3) is 0 Å². The van der Waals surface area contributed by atoms with Gasteiger partial charge in [0, 0.05) is 12.5 Å². The predicted octanol–water partition coefficient (Wildman–Crippen LogP) is 3.13. The van der Waals surface area contributed by atoms with E-state index in [4.69, 9.17) is 0 Å². The first-order valence-corrected chi connectivity index (χ1v) is 7.79. The molecular formula is C17H26N2O. The Hall–Kier alpha value is -1.35. The summed E-state index contributed by atoms with van der Waals surface area (Å²) in [7, 11) is 0. The maximum absolute atomic E-state index is 12.0. The molecule has 1 N–H and O–H groups in total. The van der Waals surface area contributed by atoms with Gasteiger partial charge in [-0.25, -0.2) is 0 Å². The molecular weight excluding hydrogens is 248 g/mol. The average molecular weight is 274 g/mol. The lowest BCUT2D eigenvalue weighted by molar-refractivity contribution is -0.122. The Morgan fingerprint density at radius 3 is 2.85 bits per heavy atom. The highest BCUT2D eigenvalue weighted by atomic mass is 16.1. The van der Waals surface area contributed by atoms with Gasteiger partial charge in [-0.3, -0.25) is 4.79 Å². The van der Waals surface area contributed by atoms with Gasteiger partial charge in [-0.1, -0.05) is 37.3 Å². The van der Waals surface area contributed by atoms with Crippen molar-refractivity contribution in [3.8, 4) is 0 Å². The Labute approximate surface area is 122 Å². The van der Waals surface area contributed by atoms with Gasteiger partial charge >= 0.3 is 0 Å². The number of hydrogen-bond donors (Lipinski definition) is 1. The van der Waals surface area contributed by atoms with Crippen LogP contribution in [0, 0.1) is 0 Å². The Bertz CT molecular complexity index is 418. The maximum atomic E-state index is 12.0. The largest absolute Gasteiger partial charge is 0.350 e. The van der Waals surface area contributed by atoms with Crippen LogP contribution in [0.3, 0.4) is 0 Å². The molecule has 1 fully saturated rings. The van der Waals surface area contributed by atoms with Gasteiger partial charge in [-0.15, -0.1) is 0 Å². The monoisotopic (exact) mass is 274 g/mol. The standard InChI is InChI=1S/C17H26N2O/c1-3-19-13-7-10-16(19)11-12-17(20)18-14(2)15-8-5-4-6-9-15/h4-6,8-9,14,16H,3,7,10-13H2,1-2H3,(H,18,20). The molecule has 1 aromatic carbocycles. The lowest BCUT2D eigenvalue weighted by atomic mass is 10.1. The highest BCUT2D eigenvalue weighted by Crippen LogP contribution is 2.21. The first-order chi connectivity index (χ1) is 9.70. The van der Waals surface area contributed by atoms with Crippen LogP contribution in [0.5, 0.6) is 0 Å². The Kier molecular flexibility index (Phi) is 5.60. The van der Waals surface area contributed by atoms with Crippen LogP contribution in [-0.4, -0.2) is 29.9 Å². The number of carbonyl (C=O) groups excluding carboxylic acids is 1. The minimum atomic E-state index is 0.0922. The smallest absolute Gasteiger partial charge is 0.220 e. The van der Waals surface area contributed by atoms with E-state index in [1.807, 2.05) is 25.1 Å². The van der Waals surface area contributed by atoms with Crippen LogP contribution in [-0.2, 0) is 4.79 Å². The second kappa shape index (κ2) is 7.44. The van der Waals surface area contributed by atoms with Gasteiger partial charge in [0.15, 0.2) is 0 Å². The van der Waals surface area contributed by atoms with E-state index in [0.717, 1.165) is 18.5 Å². The third kappa shape index (κ3) is 4.07. The van der Waals surface area contributed by atoms with Crippen molar-refractivity contribution in [3.63, 3.8) is 0 Å². The molecule has 0 aromatic heterocycles. The molecule has 0 bridgehead atoms. The number of nitrogens with zero attached hydrogens (tertiary/aromatic N) is 1. The molecule has 110 valence electrons. The molecule has 0 radical (unpaired) electrons. The van der Waals surface area contributed by atoms with Gasteiger partial charge < -0.3 is 10.2 Å². The van der Waals surface area contributed by atoms with E-state index in [1.165, 1.54) is 19.4 Å². The molecule has 20 heavy (non-hydrogen) atoms. The second-order valence-electron chi connectivity index (χ2n) is 5.66. The van der Waals surface area contributed by atoms with Crippen molar-refractivity contribution in [2.24, 2.45) is 0 Å². The summed E-state index contributed by atoms with van der Waals surface area (Å²) in [4.78, 5) is 14.5. The van der Waals surface area contributed by atoms with Crippen molar-refractivity contribution in [3.05, 3.63) is 35.9 Å². The number of hydrogen-bond acceptors (Lipinski definition) is 2. The fourth-order valence-corrected chi connectivity index (χ4v) is 3.07. The van der Waals surface area contributed by atoms with Crippen LogP contribution in [0.15, 0.2) is 30.3 Å². The molecule has 3 heteroatoms. The third-order valence-electron chi connectivity index (χ3n) is 4.29. The molecule has 1 aromatic rings. The van der Waals surface area contributed by atoms with Crippen molar-refractivity contribution in [2.45, 2.75) is 51.6 Å². The molecule has 3 nitrogen and oxygen atoms in total. The lowest BCUT2D eigenvalue weighted by Crippen LogP contribution is -2.32. The molecule has 2 unspecified atom stereocenters. The summed E-state index contributed by atoms with van der Waals surface area (Å²) < 4.78 is 0. The van der Waals surface area contributed by atoms with Gasteiger partial charge in [0.05, 0.1) is 6.04 Å². The zero-order valence-electron chi connectivity index (χ0n) is 12.6. The Balaban J connectivity index is 1.75. The summed E-state index contributed by atoms with van der Waals surface area (Å²) >= 11 is 0. The number of nitrogens with one attached hydrogen (secondary N) is 1. The normalized spacial score (nSPS) is 20.8. The maximum Gasteiger partial charge on any atom is 0.220 e. The number of rotatable bonds is 6. The summed E-state index contributed by atoms with van der Waals surface area (Å²) in [5, 5.41) is 3.10. The van der Waals surface area contributed by atoms with E-state index in [2.05, 4.69) is 29.3 Å². The Morgan fingerprint density at radius 2 is 2.15 bits per heavy atom. The fourth-order valence-electron chi connectivity index (χ4n) is 3.07. The number of benzene rings is 1. The molecule has 1 heterocycles. The summed E-state index contributed by atoms with van der Waals surface area (Å²) in [5.74, 6) is 0.171. The number of amides is 1. The van der Waals surface area contributed by atoms with Crippen LogP contribution in [0.2, 0.25) is 0 Å². The van der Waals surface area contributed by atoms with E-state index in [1.54, 1.807) is 0 Å². The van der Waals surface area contributed by atoms with Crippen LogP contribution in [0.4, 0.5) is 0 Å². The molecule has 0 spiro atoms. The van der Waals surface area contributed by atoms with Gasteiger partial charge in [-0.2, -0.15) is 0 Å². The van der Waals surface area contributed by atoms with Crippen molar-refractivity contribution < 1.29 is 4.79 Å². The molecule has 1 saturated heterocycles. The zero-order valence-corrected chi connectivity index (χ0v) is 12.6.